The summed E-state index contributed by atoms with van der Waals surface area (Å²) >= 11 is 6.95. The van der Waals surface area contributed by atoms with Crippen LogP contribution >= 0.6 is 31.9 Å². The van der Waals surface area contributed by atoms with Crippen LogP contribution in [0.2, 0.25) is 0 Å². The normalized spacial score (nSPS) is 10.8. The number of allylic oxidation sites excluding steroid dienone is 1. The molecule has 0 heterocycles. The second-order valence-corrected chi connectivity index (χ2v) is 7.44. The summed E-state index contributed by atoms with van der Waals surface area (Å²) in [6, 6.07) is 23.0. The Kier molecular flexibility index (Phi) is 6.42. The van der Waals surface area contributed by atoms with Crippen LogP contribution in [0.4, 0.5) is 0 Å². The van der Waals surface area contributed by atoms with Crippen LogP contribution in [-0.2, 0) is 6.61 Å². The minimum absolute atomic E-state index is 0.0164. The third-order valence-corrected chi connectivity index (χ3v) is 4.90. The monoisotopic (exact) mass is 470 g/mol. The third-order valence-electron chi connectivity index (χ3n) is 3.75. The van der Waals surface area contributed by atoms with Crippen LogP contribution in [0.25, 0.3) is 6.08 Å². The first-order chi connectivity index (χ1) is 12.6. The fraction of sp³-hybridized carbons (Fsp3) is 0.0455. The Hall–Kier alpha value is -2.17. The predicted molar refractivity (Wildman–Crippen MR) is 112 cm³/mol. The average Bonchev–Trinajstić information content (AvgIpc) is 2.67. The Balaban J connectivity index is 1.64. The molecule has 26 heavy (non-hydrogen) atoms. The quantitative estimate of drug-likeness (QED) is 0.295. The Morgan fingerprint density at radius 3 is 2.35 bits per heavy atom. The number of ether oxygens (including phenoxy) is 1. The second-order valence-electron chi connectivity index (χ2n) is 5.67. The van der Waals surface area contributed by atoms with Crippen LogP contribution in [0.1, 0.15) is 21.5 Å². The van der Waals surface area contributed by atoms with Gasteiger partial charge in [-0.15, -0.1) is 0 Å². The zero-order chi connectivity index (χ0) is 18.4. The molecule has 0 N–H and O–H groups in total. The highest BCUT2D eigenvalue weighted by atomic mass is 79.9. The molecular formula is C22H16Br2O2. The number of halogens is 2. The van der Waals surface area contributed by atoms with Crippen LogP contribution < -0.4 is 4.74 Å². The number of benzene rings is 3. The highest BCUT2D eigenvalue weighted by Gasteiger charge is 2.04. The van der Waals surface area contributed by atoms with Crippen LogP contribution in [0.15, 0.2) is 87.8 Å². The van der Waals surface area contributed by atoms with Crippen LogP contribution in [0.3, 0.4) is 0 Å². The Morgan fingerprint density at radius 1 is 0.923 bits per heavy atom. The van der Waals surface area contributed by atoms with E-state index in [-0.39, 0.29) is 5.78 Å². The molecule has 0 bridgehead atoms. The topological polar surface area (TPSA) is 26.3 Å². The van der Waals surface area contributed by atoms with Gasteiger partial charge in [0, 0.05) is 10.0 Å². The van der Waals surface area contributed by atoms with Crippen molar-refractivity contribution in [2.45, 2.75) is 6.61 Å². The van der Waals surface area contributed by atoms with Crippen LogP contribution in [0.5, 0.6) is 5.75 Å². The van der Waals surface area contributed by atoms with E-state index in [0.29, 0.717) is 12.2 Å². The van der Waals surface area contributed by atoms with Gasteiger partial charge >= 0.3 is 0 Å². The molecule has 3 aromatic carbocycles. The molecule has 3 rings (SSSR count). The summed E-state index contributed by atoms with van der Waals surface area (Å²) in [7, 11) is 0. The third kappa shape index (κ3) is 5.16. The second kappa shape index (κ2) is 8.97. The van der Waals surface area contributed by atoms with Gasteiger partial charge in [-0.3, -0.25) is 4.79 Å². The molecule has 0 aliphatic heterocycles. The molecule has 0 fully saturated rings. The number of ketones is 1. The first-order valence-corrected chi connectivity index (χ1v) is 9.65. The minimum atomic E-state index is -0.0164. The summed E-state index contributed by atoms with van der Waals surface area (Å²) in [4.78, 5) is 12.1. The molecule has 0 atom stereocenters. The highest BCUT2D eigenvalue weighted by molar-refractivity contribution is 9.10. The zero-order valence-electron chi connectivity index (χ0n) is 13.9. The molecule has 2 nitrogen and oxygen atoms in total. The van der Waals surface area contributed by atoms with Gasteiger partial charge in [-0.2, -0.15) is 0 Å². The maximum Gasteiger partial charge on any atom is 0.185 e. The maximum atomic E-state index is 12.1. The van der Waals surface area contributed by atoms with Gasteiger partial charge in [-0.1, -0.05) is 70.5 Å². The molecule has 0 saturated carbocycles. The number of hydrogen-bond donors (Lipinski definition) is 0. The van der Waals surface area contributed by atoms with Crippen molar-refractivity contribution < 1.29 is 9.53 Å². The van der Waals surface area contributed by atoms with E-state index in [1.165, 1.54) is 0 Å². The van der Waals surface area contributed by atoms with Gasteiger partial charge in [0.2, 0.25) is 0 Å². The van der Waals surface area contributed by atoms with E-state index in [0.717, 1.165) is 25.8 Å². The van der Waals surface area contributed by atoms with Gasteiger partial charge in [-0.25, -0.2) is 0 Å². The van der Waals surface area contributed by atoms with E-state index in [4.69, 9.17) is 4.74 Å². The van der Waals surface area contributed by atoms with E-state index in [1.54, 1.807) is 12.2 Å². The lowest BCUT2D eigenvalue weighted by atomic mass is 10.1. The van der Waals surface area contributed by atoms with Crippen molar-refractivity contribution in [1.82, 2.24) is 0 Å². The molecule has 0 amide bonds. The molecule has 0 radical (unpaired) electrons. The molecule has 130 valence electrons. The van der Waals surface area contributed by atoms with Crippen molar-refractivity contribution in [3.63, 3.8) is 0 Å². The van der Waals surface area contributed by atoms with E-state index in [2.05, 4.69) is 31.9 Å². The lowest BCUT2D eigenvalue weighted by molar-refractivity contribution is 0.104. The summed E-state index contributed by atoms with van der Waals surface area (Å²) < 4.78 is 7.76. The van der Waals surface area contributed by atoms with Crippen LogP contribution in [-0.4, -0.2) is 5.78 Å². The number of hydrogen-bond acceptors (Lipinski definition) is 2. The van der Waals surface area contributed by atoms with Crippen molar-refractivity contribution >= 4 is 43.7 Å². The molecule has 0 saturated heterocycles. The number of carbonyl (C=O) groups excluding carboxylic acids is 1. The fourth-order valence-electron chi connectivity index (χ4n) is 2.35. The van der Waals surface area contributed by atoms with Crippen molar-refractivity contribution in [3.8, 4) is 5.75 Å². The van der Waals surface area contributed by atoms with E-state index >= 15 is 0 Å². The standard InChI is InChI=1S/C22H16Br2O2/c23-19-10-6-17(7-11-19)15-26-22-13-9-16(14-20(22)24)8-12-21(25)18-4-2-1-3-5-18/h1-14H,15H2/b12-8+. The van der Waals surface area contributed by atoms with Crippen molar-refractivity contribution in [1.29, 1.82) is 0 Å². The van der Waals surface area contributed by atoms with Gasteiger partial charge in [0.1, 0.15) is 12.4 Å². The Bertz CT molecular complexity index is 917. The van der Waals surface area contributed by atoms with Gasteiger partial charge in [0.15, 0.2) is 5.78 Å². The molecule has 3 aromatic rings. The molecule has 0 unspecified atom stereocenters. The first-order valence-electron chi connectivity index (χ1n) is 8.06. The van der Waals surface area contributed by atoms with E-state index in [9.17, 15) is 4.79 Å². The average molecular weight is 472 g/mol. The molecule has 4 heteroatoms. The van der Waals surface area contributed by atoms with Gasteiger partial charge in [0.05, 0.1) is 4.47 Å². The molecule has 0 aliphatic carbocycles. The highest BCUT2D eigenvalue weighted by Crippen LogP contribution is 2.27. The van der Waals surface area contributed by atoms with Crippen molar-refractivity contribution in [3.05, 3.63) is 105 Å². The summed E-state index contributed by atoms with van der Waals surface area (Å²) in [5, 5.41) is 0. The smallest absolute Gasteiger partial charge is 0.185 e. The molecule has 0 aromatic heterocycles. The summed E-state index contributed by atoms with van der Waals surface area (Å²) in [6.45, 7) is 0.494. The number of rotatable bonds is 6. The Labute approximate surface area is 169 Å². The van der Waals surface area contributed by atoms with Crippen molar-refractivity contribution in [2.24, 2.45) is 0 Å². The first kappa shape index (κ1) is 18.6. The zero-order valence-corrected chi connectivity index (χ0v) is 17.0. The van der Waals surface area contributed by atoms with Gasteiger partial charge < -0.3 is 4.74 Å². The number of carbonyl (C=O) groups is 1. The predicted octanol–water partition coefficient (Wildman–Crippen LogP) is 6.69. The summed E-state index contributed by atoms with van der Waals surface area (Å²) in [5.74, 6) is 0.747. The fourth-order valence-corrected chi connectivity index (χ4v) is 3.13. The van der Waals surface area contributed by atoms with Gasteiger partial charge in [-0.05, 0) is 57.4 Å². The van der Waals surface area contributed by atoms with Gasteiger partial charge in [0.25, 0.3) is 0 Å². The van der Waals surface area contributed by atoms with Crippen LogP contribution in [0, 0.1) is 0 Å². The SMILES string of the molecule is O=C(/C=C/c1ccc(OCc2ccc(Br)cc2)c(Br)c1)c1ccccc1. The largest absolute Gasteiger partial charge is 0.488 e. The van der Waals surface area contributed by atoms with Crippen molar-refractivity contribution in [2.75, 3.05) is 0 Å². The summed E-state index contributed by atoms with van der Waals surface area (Å²) in [6.07, 6.45) is 3.39. The maximum absolute atomic E-state index is 12.1. The Morgan fingerprint density at radius 2 is 1.65 bits per heavy atom. The molecular weight excluding hydrogens is 456 g/mol. The minimum Gasteiger partial charge on any atom is -0.488 e. The summed E-state index contributed by atoms with van der Waals surface area (Å²) in [5.41, 5.74) is 2.70. The lowest BCUT2D eigenvalue weighted by Crippen LogP contribution is -1.96. The van der Waals surface area contributed by atoms with E-state index in [1.807, 2.05) is 72.8 Å². The molecule has 0 spiro atoms. The van der Waals surface area contributed by atoms with E-state index < -0.39 is 0 Å². The lowest BCUT2D eigenvalue weighted by Gasteiger charge is -2.09. The molecule has 0 aliphatic rings.